The zero-order valence-corrected chi connectivity index (χ0v) is 10.3. The molecule has 0 saturated carbocycles. The molecule has 96 valence electrons. The summed E-state index contributed by atoms with van der Waals surface area (Å²) in [5, 5.41) is 0. The van der Waals surface area contributed by atoms with E-state index >= 15 is 0 Å². The number of hydrazine groups is 1. The van der Waals surface area contributed by atoms with Crippen molar-refractivity contribution < 1.29 is 8.78 Å². The summed E-state index contributed by atoms with van der Waals surface area (Å²) in [5.41, 5.74) is 3.20. The summed E-state index contributed by atoms with van der Waals surface area (Å²) in [7, 11) is 0. The number of benzene rings is 1. The largest absolute Gasteiger partial charge is 0.271 e. The highest BCUT2D eigenvalue weighted by Crippen LogP contribution is 2.16. The van der Waals surface area contributed by atoms with Gasteiger partial charge in [-0.25, -0.2) is 8.78 Å². The van der Waals surface area contributed by atoms with Crippen LogP contribution < -0.4 is 11.3 Å². The van der Waals surface area contributed by atoms with E-state index in [1.165, 1.54) is 12.1 Å². The maximum Gasteiger partial charge on any atom is 0.129 e. The summed E-state index contributed by atoms with van der Waals surface area (Å²) in [6, 6.07) is 3.68. The van der Waals surface area contributed by atoms with Crippen LogP contribution in [-0.2, 0) is 6.42 Å². The predicted molar refractivity (Wildman–Crippen MR) is 65.2 cm³/mol. The number of hydrogen-bond donors (Lipinski definition) is 2. The van der Waals surface area contributed by atoms with E-state index in [1.807, 2.05) is 0 Å². The van der Waals surface area contributed by atoms with E-state index in [4.69, 9.17) is 5.84 Å². The second-order valence-corrected chi connectivity index (χ2v) is 4.55. The summed E-state index contributed by atoms with van der Waals surface area (Å²) >= 11 is 0. The first-order chi connectivity index (χ1) is 8.06. The zero-order chi connectivity index (χ0) is 12.8. The maximum atomic E-state index is 13.5. The van der Waals surface area contributed by atoms with Gasteiger partial charge in [0.2, 0.25) is 0 Å². The van der Waals surface area contributed by atoms with E-state index < -0.39 is 11.6 Å². The minimum Gasteiger partial charge on any atom is -0.271 e. The molecule has 1 aromatic carbocycles. The van der Waals surface area contributed by atoms with E-state index in [9.17, 15) is 8.78 Å². The van der Waals surface area contributed by atoms with Gasteiger partial charge < -0.3 is 0 Å². The van der Waals surface area contributed by atoms with Gasteiger partial charge >= 0.3 is 0 Å². The standard InChI is InChI=1S/C13H20F2N2/c1-3-9(2)6-12(17-16)7-10-4-5-11(14)8-13(10)15/h4-5,8-9,12,17H,3,6-7,16H2,1-2H3. The Kier molecular flexibility index (Phi) is 5.51. The first-order valence-corrected chi connectivity index (χ1v) is 5.96. The first-order valence-electron chi connectivity index (χ1n) is 5.96. The Morgan fingerprint density at radius 1 is 1.35 bits per heavy atom. The molecule has 2 atom stereocenters. The van der Waals surface area contributed by atoms with Crippen LogP contribution >= 0.6 is 0 Å². The van der Waals surface area contributed by atoms with Crippen LogP contribution in [0.5, 0.6) is 0 Å². The summed E-state index contributed by atoms with van der Waals surface area (Å²) in [6.07, 6.45) is 2.42. The van der Waals surface area contributed by atoms with Crippen LogP contribution in [0.25, 0.3) is 0 Å². The van der Waals surface area contributed by atoms with Gasteiger partial charge in [0.25, 0.3) is 0 Å². The minimum atomic E-state index is -0.551. The molecule has 1 aromatic rings. The number of halogens is 2. The van der Waals surface area contributed by atoms with Crippen molar-refractivity contribution in [2.75, 3.05) is 0 Å². The third-order valence-corrected chi connectivity index (χ3v) is 3.10. The van der Waals surface area contributed by atoms with Crippen molar-refractivity contribution in [1.29, 1.82) is 0 Å². The number of rotatable bonds is 6. The Hall–Kier alpha value is -1.00. The van der Waals surface area contributed by atoms with Gasteiger partial charge in [-0.2, -0.15) is 0 Å². The predicted octanol–water partition coefficient (Wildman–Crippen LogP) is 2.78. The van der Waals surface area contributed by atoms with Crippen molar-refractivity contribution in [2.24, 2.45) is 11.8 Å². The smallest absolute Gasteiger partial charge is 0.129 e. The van der Waals surface area contributed by atoms with Crippen LogP contribution in [-0.4, -0.2) is 6.04 Å². The minimum absolute atomic E-state index is 0.0184. The summed E-state index contributed by atoms with van der Waals surface area (Å²) in [4.78, 5) is 0. The normalized spacial score (nSPS) is 14.6. The molecule has 0 aromatic heterocycles. The molecule has 2 unspecified atom stereocenters. The van der Waals surface area contributed by atoms with Crippen LogP contribution in [0, 0.1) is 17.6 Å². The Bertz CT molecular complexity index is 355. The van der Waals surface area contributed by atoms with Crippen molar-refractivity contribution in [3.05, 3.63) is 35.4 Å². The van der Waals surface area contributed by atoms with E-state index in [0.29, 0.717) is 17.9 Å². The lowest BCUT2D eigenvalue weighted by molar-refractivity contribution is 0.392. The molecule has 0 amide bonds. The van der Waals surface area contributed by atoms with Gasteiger partial charge in [-0.15, -0.1) is 0 Å². The lowest BCUT2D eigenvalue weighted by Gasteiger charge is -2.19. The highest BCUT2D eigenvalue weighted by Gasteiger charge is 2.14. The van der Waals surface area contributed by atoms with Crippen molar-refractivity contribution in [3.63, 3.8) is 0 Å². The molecule has 0 fully saturated rings. The van der Waals surface area contributed by atoms with E-state index in [0.717, 1.165) is 18.9 Å². The second kappa shape index (κ2) is 6.67. The quantitative estimate of drug-likeness (QED) is 0.594. The molecule has 0 saturated heterocycles. The molecule has 3 N–H and O–H groups in total. The number of nitrogens with two attached hydrogens (primary N) is 1. The van der Waals surface area contributed by atoms with Crippen LogP contribution in [0.3, 0.4) is 0 Å². The molecule has 0 radical (unpaired) electrons. The van der Waals surface area contributed by atoms with Crippen LogP contribution in [0.1, 0.15) is 32.3 Å². The van der Waals surface area contributed by atoms with E-state index in [-0.39, 0.29) is 6.04 Å². The van der Waals surface area contributed by atoms with Crippen molar-refractivity contribution in [2.45, 2.75) is 39.2 Å². The van der Waals surface area contributed by atoms with E-state index in [2.05, 4.69) is 19.3 Å². The molecule has 0 aliphatic heterocycles. The summed E-state index contributed by atoms with van der Waals surface area (Å²) in [5.74, 6) is 4.93. The number of hydrogen-bond acceptors (Lipinski definition) is 2. The molecule has 2 nitrogen and oxygen atoms in total. The van der Waals surface area contributed by atoms with Crippen molar-refractivity contribution in [1.82, 2.24) is 5.43 Å². The van der Waals surface area contributed by atoms with Crippen LogP contribution in [0.15, 0.2) is 18.2 Å². The Morgan fingerprint density at radius 2 is 2.06 bits per heavy atom. The molecule has 0 aliphatic carbocycles. The number of nitrogens with one attached hydrogen (secondary N) is 1. The molecule has 0 heterocycles. The fraction of sp³-hybridized carbons (Fsp3) is 0.538. The third kappa shape index (κ3) is 4.40. The molecule has 0 bridgehead atoms. The van der Waals surface area contributed by atoms with Gasteiger partial charge in [0.05, 0.1) is 0 Å². The van der Waals surface area contributed by atoms with Crippen LogP contribution in [0.2, 0.25) is 0 Å². The molecule has 0 aliphatic rings. The first kappa shape index (κ1) is 14.1. The maximum absolute atomic E-state index is 13.5. The molecule has 0 spiro atoms. The molecular formula is C13H20F2N2. The van der Waals surface area contributed by atoms with E-state index in [1.54, 1.807) is 0 Å². The molecule has 17 heavy (non-hydrogen) atoms. The molecule has 1 rings (SSSR count). The Labute approximate surface area is 101 Å². The highest BCUT2D eigenvalue weighted by molar-refractivity contribution is 5.19. The average molecular weight is 242 g/mol. The second-order valence-electron chi connectivity index (χ2n) is 4.55. The van der Waals surface area contributed by atoms with Gasteiger partial charge in [0.1, 0.15) is 11.6 Å². The topological polar surface area (TPSA) is 38.0 Å². The monoisotopic (exact) mass is 242 g/mol. The SMILES string of the molecule is CCC(C)CC(Cc1ccc(F)cc1F)NN. The molecule has 4 heteroatoms. The van der Waals surface area contributed by atoms with Crippen molar-refractivity contribution in [3.8, 4) is 0 Å². The Morgan fingerprint density at radius 3 is 2.59 bits per heavy atom. The zero-order valence-electron chi connectivity index (χ0n) is 10.3. The fourth-order valence-corrected chi connectivity index (χ4v) is 1.82. The fourth-order valence-electron chi connectivity index (χ4n) is 1.82. The van der Waals surface area contributed by atoms with Gasteiger partial charge in [-0.05, 0) is 30.4 Å². The highest BCUT2D eigenvalue weighted by atomic mass is 19.1. The van der Waals surface area contributed by atoms with Gasteiger partial charge in [0, 0.05) is 12.1 Å². The third-order valence-electron chi connectivity index (χ3n) is 3.10. The van der Waals surface area contributed by atoms with Crippen LogP contribution in [0.4, 0.5) is 8.78 Å². The lowest BCUT2D eigenvalue weighted by atomic mass is 9.95. The Balaban J connectivity index is 2.67. The van der Waals surface area contributed by atoms with Gasteiger partial charge in [0.15, 0.2) is 0 Å². The lowest BCUT2D eigenvalue weighted by Crippen LogP contribution is -2.38. The van der Waals surface area contributed by atoms with Gasteiger partial charge in [-0.3, -0.25) is 11.3 Å². The summed E-state index contributed by atoms with van der Waals surface area (Å²) in [6.45, 7) is 4.24. The average Bonchev–Trinajstić information content (AvgIpc) is 2.31. The van der Waals surface area contributed by atoms with Gasteiger partial charge in [-0.1, -0.05) is 26.3 Å². The molecular weight excluding hydrogens is 222 g/mol. The van der Waals surface area contributed by atoms with Crippen molar-refractivity contribution >= 4 is 0 Å². The summed E-state index contributed by atoms with van der Waals surface area (Å²) < 4.78 is 26.2.